The Bertz CT molecular complexity index is 400. The van der Waals surface area contributed by atoms with Gasteiger partial charge in [0.15, 0.2) is 6.10 Å². The number of esters is 1. The number of halogens is 3. The van der Waals surface area contributed by atoms with Gasteiger partial charge in [-0.1, -0.05) is 0 Å². The van der Waals surface area contributed by atoms with Crippen molar-refractivity contribution >= 4 is 5.97 Å². The van der Waals surface area contributed by atoms with Gasteiger partial charge in [-0.25, -0.2) is 4.79 Å². The molecule has 0 bridgehead atoms. The number of ether oxygens (including phenoxy) is 1. The minimum absolute atomic E-state index is 0.408. The van der Waals surface area contributed by atoms with Crippen LogP contribution in [0.4, 0.5) is 13.2 Å². The molecule has 0 aliphatic rings. The van der Waals surface area contributed by atoms with E-state index < -0.39 is 29.5 Å². The van der Waals surface area contributed by atoms with Gasteiger partial charge >= 0.3 is 12.1 Å². The maximum Gasteiger partial charge on any atom is 0.420 e. The fourth-order valence-electron chi connectivity index (χ4n) is 1.19. The molecule has 8 heteroatoms. The molecule has 0 aromatic carbocycles. The van der Waals surface area contributed by atoms with E-state index in [4.69, 9.17) is 5.11 Å². The van der Waals surface area contributed by atoms with E-state index >= 15 is 0 Å². The molecule has 0 spiro atoms. The van der Waals surface area contributed by atoms with Crippen molar-refractivity contribution in [1.29, 1.82) is 0 Å². The minimum Gasteiger partial charge on any atom is -0.465 e. The van der Waals surface area contributed by atoms with E-state index in [-0.39, 0.29) is 0 Å². The van der Waals surface area contributed by atoms with Crippen molar-refractivity contribution in [2.45, 2.75) is 12.3 Å². The lowest BCUT2D eigenvalue weighted by Crippen LogP contribution is -2.24. The molecule has 0 amide bonds. The maximum absolute atomic E-state index is 12.3. The minimum atomic E-state index is -4.86. The second kappa shape index (κ2) is 4.12. The number of hydrogen-bond acceptors (Lipinski definition) is 4. The molecule has 0 radical (unpaired) electrons. The van der Waals surface area contributed by atoms with Gasteiger partial charge in [0, 0.05) is 7.05 Å². The lowest BCUT2D eigenvalue weighted by atomic mass is 10.1. The molecule has 1 rings (SSSR count). The summed E-state index contributed by atoms with van der Waals surface area (Å²) >= 11 is 0. The Morgan fingerprint density at radius 1 is 1.62 bits per heavy atom. The van der Waals surface area contributed by atoms with Crippen LogP contribution < -0.4 is 0 Å². The molecule has 90 valence electrons. The Hall–Kier alpha value is -1.57. The normalized spacial score (nSPS) is 13.6. The van der Waals surface area contributed by atoms with Gasteiger partial charge in [-0.05, 0) is 0 Å². The van der Waals surface area contributed by atoms with Crippen molar-refractivity contribution in [3.8, 4) is 0 Å². The molecule has 16 heavy (non-hydrogen) atoms. The summed E-state index contributed by atoms with van der Waals surface area (Å²) in [5.41, 5.74) is -1.05. The molecule has 5 nitrogen and oxygen atoms in total. The number of methoxy groups -OCH3 is 1. The highest BCUT2D eigenvalue weighted by Crippen LogP contribution is 2.33. The summed E-state index contributed by atoms with van der Waals surface area (Å²) in [7, 11) is 2.22. The van der Waals surface area contributed by atoms with Crippen molar-refractivity contribution in [2.24, 2.45) is 7.05 Å². The van der Waals surface area contributed by atoms with Gasteiger partial charge in [-0.2, -0.15) is 18.3 Å². The van der Waals surface area contributed by atoms with Crippen LogP contribution in [0.25, 0.3) is 0 Å². The number of alkyl halides is 3. The quantitative estimate of drug-likeness (QED) is 0.774. The Morgan fingerprint density at radius 3 is 2.62 bits per heavy atom. The lowest BCUT2D eigenvalue weighted by molar-refractivity contribution is -0.208. The predicted molar refractivity (Wildman–Crippen MR) is 45.6 cm³/mol. The number of hydrogen-bond donors (Lipinski definition) is 1. The largest absolute Gasteiger partial charge is 0.465 e. The van der Waals surface area contributed by atoms with Crippen LogP contribution in [0, 0.1) is 0 Å². The third-order valence-electron chi connectivity index (χ3n) is 1.96. The Morgan fingerprint density at radius 2 is 2.19 bits per heavy atom. The standard InChI is InChI=1S/C8H9F3N2O3/c1-13-5(6(14)8(9,10)11)4(3-12-13)7(15)16-2/h3,6,14H,1-2H3/t6-/m0/s1. The third-order valence-corrected chi connectivity index (χ3v) is 1.96. The lowest BCUT2D eigenvalue weighted by Gasteiger charge is -2.15. The predicted octanol–water partition coefficient (Wildman–Crippen LogP) is 0.802. The van der Waals surface area contributed by atoms with Crippen LogP contribution in [-0.4, -0.2) is 34.1 Å². The molecule has 0 saturated carbocycles. The molecule has 0 fully saturated rings. The van der Waals surface area contributed by atoms with Gasteiger partial charge in [0.1, 0.15) is 5.56 Å². The first kappa shape index (κ1) is 12.5. The molecule has 1 atom stereocenters. The summed E-state index contributed by atoms with van der Waals surface area (Å²) in [4.78, 5) is 11.1. The summed E-state index contributed by atoms with van der Waals surface area (Å²) in [6.07, 6.45) is -6.72. The van der Waals surface area contributed by atoms with Crippen molar-refractivity contribution < 1.29 is 27.8 Å². The molecule has 1 aromatic rings. The van der Waals surface area contributed by atoms with Crippen LogP contribution >= 0.6 is 0 Å². The number of carbonyl (C=O) groups excluding carboxylic acids is 1. The number of rotatable bonds is 2. The first-order chi connectivity index (χ1) is 7.29. The third kappa shape index (κ3) is 2.16. The Labute approximate surface area is 88.4 Å². The first-order valence-electron chi connectivity index (χ1n) is 4.14. The molecular formula is C8H9F3N2O3. The Kier molecular flexibility index (Phi) is 3.22. The first-order valence-corrected chi connectivity index (χ1v) is 4.14. The van der Waals surface area contributed by atoms with Crippen LogP contribution in [0.5, 0.6) is 0 Å². The van der Waals surface area contributed by atoms with E-state index in [0.29, 0.717) is 0 Å². The van der Waals surface area contributed by atoms with Crippen LogP contribution in [-0.2, 0) is 11.8 Å². The number of aryl methyl sites for hydroxylation is 1. The van der Waals surface area contributed by atoms with Gasteiger partial charge in [-0.15, -0.1) is 0 Å². The summed E-state index contributed by atoms with van der Waals surface area (Å²) in [6.45, 7) is 0. The van der Waals surface area contributed by atoms with E-state index in [9.17, 15) is 18.0 Å². The average molecular weight is 238 g/mol. The zero-order valence-corrected chi connectivity index (χ0v) is 8.45. The van der Waals surface area contributed by atoms with Gasteiger partial charge < -0.3 is 9.84 Å². The second-order valence-electron chi connectivity index (χ2n) is 3.00. The van der Waals surface area contributed by atoms with Crippen LogP contribution in [0.15, 0.2) is 6.20 Å². The molecule has 0 saturated heterocycles. The number of carbonyl (C=O) groups is 1. The van der Waals surface area contributed by atoms with Crippen LogP contribution in [0.3, 0.4) is 0 Å². The molecule has 0 aliphatic carbocycles. The van der Waals surface area contributed by atoms with Gasteiger partial charge in [0.2, 0.25) is 0 Å². The maximum atomic E-state index is 12.3. The highest BCUT2D eigenvalue weighted by molar-refractivity contribution is 5.90. The summed E-state index contributed by atoms with van der Waals surface area (Å²) in [5, 5.41) is 12.5. The van der Waals surface area contributed by atoms with E-state index in [2.05, 4.69) is 9.84 Å². The van der Waals surface area contributed by atoms with Crippen molar-refractivity contribution in [3.05, 3.63) is 17.5 Å². The number of nitrogens with zero attached hydrogens (tertiary/aromatic N) is 2. The van der Waals surface area contributed by atoms with E-state index in [1.165, 1.54) is 7.05 Å². The zero-order chi connectivity index (χ0) is 12.5. The average Bonchev–Trinajstić information content (AvgIpc) is 2.56. The molecule has 0 unspecified atom stereocenters. The molecule has 1 heterocycles. The molecule has 1 aromatic heterocycles. The van der Waals surface area contributed by atoms with Gasteiger partial charge in [0.05, 0.1) is 19.0 Å². The second-order valence-corrected chi connectivity index (χ2v) is 3.00. The molecule has 1 N–H and O–H groups in total. The van der Waals surface area contributed by atoms with Crippen molar-refractivity contribution in [3.63, 3.8) is 0 Å². The summed E-state index contributed by atoms with van der Waals surface area (Å²) in [5.74, 6) is -0.980. The molecule has 0 aliphatic heterocycles. The highest BCUT2D eigenvalue weighted by Gasteiger charge is 2.43. The highest BCUT2D eigenvalue weighted by atomic mass is 19.4. The van der Waals surface area contributed by atoms with E-state index in [1.54, 1.807) is 0 Å². The monoisotopic (exact) mass is 238 g/mol. The topological polar surface area (TPSA) is 64.3 Å². The number of aromatic nitrogens is 2. The van der Waals surface area contributed by atoms with Crippen molar-refractivity contribution in [1.82, 2.24) is 9.78 Å². The zero-order valence-electron chi connectivity index (χ0n) is 8.45. The summed E-state index contributed by atoms with van der Waals surface area (Å²) in [6, 6.07) is 0. The smallest absolute Gasteiger partial charge is 0.420 e. The van der Waals surface area contributed by atoms with Crippen molar-refractivity contribution in [2.75, 3.05) is 7.11 Å². The fraction of sp³-hybridized carbons (Fsp3) is 0.500. The fourth-order valence-corrected chi connectivity index (χ4v) is 1.19. The Balaban J connectivity index is 3.22. The summed E-state index contributed by atoms with van der Waals surface area (Å²) < 4.78 is 42.0. The van der Waals surface area contributed by atoms with E-state index in [1.807, 2.05) is 0 Å². The molecular weight excluding hydrogens is 229 g/mol. The van der Waals surface area contributed by atoms with Gasteiger partial charge in [0.25, 0.3) is 0 Å². The SMILES string of the molecule is COC(=O)c1cnn(C)c1[C@H](O)C(F)(F)F. The van der Waals surface area contributed by atoms with E-state index in [0.717, 1.165) is 18.0 Å². The van der Waals surface area contributed by atoms with Crippen LogP contribution in [0.1, 0.15) is 22.2 Å². The van der Waals surface area contributed by atoms with Crippen LogP contribution in [0.2, 0.25) is 0 Å². The number of aliphatic hydroxyl groups excluding tert-OH is 1. The van der Waals surface area contributed by atoms with Gasteiger partial charge in [-0.3, -0.25) is 4.68 Å². The number of aliphatic hydroxyl groups is 1.